The van der Waals surface area contributed by atoms with Crippen LogP contribution in [0.15, 0.2) is 24.3 Å². The van der Waals surface area contributed by atoms with Crippen molar-refractivity contribution in [1.29, 1.82) is 0 Å². The average Bonchev–Trinajstić information content (AvgIpc) is 3.11. The smallest absolute Gasteiger partial charge is 0.339 e. The number of ether oxygens (including phenoxy) is 1. The van der Waals surface area contributed by atoms with Crippen LogP contribution in [0, 0.1) is 20.8 Å². The van der Waals surface area contributed by atoms with Crippen LogP contribution in [-0.2, 0) is 16.1 Å². The molecule has 0 atom stereocenters. The van der Waals surface area contributed by atoms with E-state index in [0.717, 1.165) is 27.2 Å². The molecule has 0 spiro atoms. The van der Waals surface area contributed by atoms with Gasteiger partial charge in [-0.3, -0.25) is 4.79 Å². The number of para-hydroxylation sites is 1. The van der Waals surface area contributed by atoms with E-state index in [4.69, 9.17) is 4.74 Å². The van der Waals surface area contributed by atoms with Crippen molar-refractivity contribution in [2.24, 2.45) is 0 Å². The molecule has 136 valence electrons. The van der Waals surface area contributed by atoms with Crippen molar-refractivity contribution >= 4 is 38.6 Å². The molecule has 0 bridgehead atoms. The zero-order valence-electron chi connectivity index (χ0n) is 15.3. The monoisotopic (exact) mass is 371 g/mol. The van der Waals surface area contributed by atoms with E-state index in [1.807, 2.05) is 39.0 Å². The lowest BCUT2D eigenvalue weighted by Gasteiger charge is -2.09. The Balaban J connectivity index is 1.77. The molecule has 26 heavy (non-hydrogen) atoms. The maximum absolute atomic E-state index is 12.5. The molecule has 6 nitrogen and oxygen atoms in total. The summed E-state index contributed by atoms with van der Waals surface area (Å²) in [6.45, 7) is 7.88. The molecule has 0 fully saturated rings. The number of amides is 1. The van der Waals surface area contributed by atoms with Crippen LogP contribution in [0.25, 0.3) is 10.2 Å². The highest BCUT2D eigenvalue weighted by Crippen LogP contribution is 2.28. The first-order chi connectivity index (χ1) is 12.4. The summed E-state index contributed by atoms with van der Waals surface area (Å²) in [5, 5.41) is 3.43. The van der Waals surface area contributed by atoms with E-state index in [1.165, 1.54) is 11.3 Å². The van der Waals surface area contributed by atoms with Gasteiger partial charge in [0.25, 0.3) is 0 Å². The van der Waals surface area contributed by atoms with Gasteiger partial charge in [0, 0.05) is 11.4 Å². The number of fused-ring (bicyclic) bond motifs is 1. The third-order valence-corrected chi connectivity index (χ3v) is 5.17. The Morgan fingerprint density at radius 2 is 2.04 bits per heavy atom. The van der Waals surface area contributed by atoms with E-state index in [0.29, 0.717) is 17.3 Å². The van der Waals surface area contributed by atoms with Gasteiger partial charge in [-0.2, -0.15) is 0 Å². The highest BCUT2D eigenvalue weighted by Gasteiger charge is 2.18. The van der Waals surface area contributed by atoms with Crippen molar-refractivity contribution < 1.29 is 14.3 Å². The number of benzene rings is 1. The Bertz CT molecular complexity index is 987. The minimum atomic E-state index is -0.367. The van der Waals surface area contributed by atoms with Crippen LogP contribution >= 0.6 is 11.3 Å². The predicted octanol–water partition coefficient (Wildman–Crippen LogP) is 3.84. The van der Waals surface area contributed by atoms with Crippen LogP contribution in [0.5, 0.6) is 0 Å². The fourth-order valence-corrected chi connectivity index (χ4v) is 3.86. The molecule has 0 radical (unpaired) electrons. The predicted molar refractivity (Wildman–Crippen MR) is 103 cm³/mol. The molecule has 1 aromatic carbocycles. The first-order valence-corrected chi connectivity index (χ1v) is 9.22. The molecule has 3 aromatic rings. The van der Waals surface area contributed by atoms with Crippen molar-refractivity contribution in [1.82, 2.24) is 9.55 Å². The van der Waals surface area contributed by atoms with Gasteiger partial charge < -0.3 is 14.6 Å². The normalized spacial score (nSPS) is 10.9. The molecule has 0 unspecified atom stereocenters. The van der Waals surface area contributed by atoms with E-state index in [1.54, 1.807) is 17.6 Å². The lowest BCUT2D eigenvalue weighted by atomic mass is 10.2. The quantitative estimate of drug-likeness (QED) is 0.692. The number of nitrogens with one attached hydrogen (secondary N) is 1. The van der Waals surface area contributed by atoms with Crippen molar-refractivity contribution in [2.45, 2.75) is 34.2 Å². The summed E-state index contributed by atoms with van der Waals surface area (Å²) in [5.74, 6) is -0.548. The van der Waals surface area contributed by atoms with Crippen LogP contribution in [0.4, 0.5) is 5.13 Å². The number of esters is 1. The van der Waals surface area contributed by atoms with Crippen LogP contribution in [0.1, 0.15) is 34.2 Å². The standard InChI is InChI=1S/C19H21N3O3S/c1-5-25-18(24)14-9-12(3)22(13(14)4)10-16(23)20-19-21-17-11(2)7-6-8-15(17)26-19/h6-9H,5,10H2,1-4H3,(H,20,21,23). The Hall–Kier alpha value is -2.67. The Morgan fingerprint density at radius 3 is 2.73 bits per heavy atom. The van der Waals surface area contributed by atoms with Gasteiger partial charge in [0.15, 0.2) is 5.13 Å². The number of carbonyl (C=O) groups is 2. The van der Waals surface area contributed by atoms with Gasteiger partial charge in [-0.15, -0.1) is 0 Å². The molecule has 3 rings (SSSR count). The zero-order chi connectivity index (χ0) is 18.8. The highest BCUT2D eigenvalue weighted by atomic mass is 32.1. The average molecular weight is 371 g/mol. The molecule has 7 heteroatoms. The summed E-state index contributed by atoms with van der Waals surface area (Å²) in [7, 11) is 0. The summed E-state index contributed by atoms with van der Waals surface area (Å²) >= 11 is 1.45. The van der Waals surface area contributed by atoms with Crippen LogP contribution < -0.4 is 5.32 Å². The number of aryl methyl sites for hydroxylation is 2. The molecule has 0 aliphatic rings. The number of anilines is 1. The minimum Gasteiger partial charge on any atom is -0.462 e. The number of hydrogen-bond acceptors (Lipinski definition) is 5. The van der Waals surface area contributed by atoms with Gasteiger partial charge in [0.1, 0.15) is 6.54 Å². The Labute approximate surface area is 155 Å². The summed E-state index contributed by atoms with van der Waals surface area (Å²) in [5.41, 5.74) is 4.03. The van der Waals surface area contributed by atoms with Crippen molar-refractivity contribution in [3.05, 3.63) is 46.8 Å². The first kappa shape index (κ1) is 18.1. The molecule has 2 heterocycles. The van der Waals surface area contributed by atoms with Crippen molar-refractivity contribution in [2.75, 3.05) is 11.9 Å². The third kappa shape index (κ3) is 3.48. The SMILES string of the molecule is CCOC(=O)c1cc(C)n(CC(=O)Nc2nc3c(C)cccc3s2)c1C. The number of hydrogen-bond donors (Lipinski definition) is 1. The Kier molecular flexibility index (Phi) is 5.08. The number of carbonyl (C=O) groups excluding carboxylic acids is 2. The van der Waals surface area contributed by atoms with E-state index in [9.17, 15) is 9.59 Å². The molecule has 2 aromatic heterocycles. The molecular weight excluding hydrogens is 350 g/mol. The second-order valence-electron chi connectivity index (χ2n) is 6.08. The number of rotatable bonds is 5. The Morgan fingerprint density at radius 1 is 1.27 bits per heavy atom. The fraction of sp³-hybridized carbons (Fsp3) is 0.316. The number of nitrogens with zero attached hydrogens (tertiary/aromatic N) is 2. The van der Waals surface area contributed by atoms with Gasteiger partial charge in [0.05, 0.1) is 22.4 Å². The molecule has 0 aliphatic carbocycles. The first-order valence-electron chi connectivity index (χ1n) is 8.40. The maximum atomic E-state index is 12.5. The van der Waals surface area contributed by atoms with Gasteiger partial charge in [-0.25, -0.2) is 9.78 Å². The molecular formula is C19H21N3O3S. The molecule has 0 aliphatic heterocycles. The second-order valence-corrected chi connectivity index (χ2v) is 7.11. The molecule has 1 amide bonds. The van der Waals surface area contributed by atoms with Gasteiger partial charge in [-0.1, -0.05) is 23.5 Å². The van der Waals surface area contributed by atoms with Crippen LogP contribution in [-0.4, -0.2) is 28.0 Å². The topological polar surface area (TPSA) is 73.2 Å². The number of aromatic nitrogens is 2. The van der Waals surface area contributed by atoms with Crippen LogP contribution in [0.2, 0.25) is 0 Å². The lowest BCUT2D eigenvalue weighted by molar-refractivity contribution is -0.116. The van der Waals surface area contributed by atoms with E-state index >= 15 is 0 Å². The molecule has 0 saturated heterocycles. The van der Waals surface area contributed by atoms with Gasteiger partial charge in [-0.05, 0) is 45.4 Å². The summed E-state index contributed by atoms with van der Waals surface area (Å²) in [6, 6.07) is 7.71. The van der Waals surface area contributed by atoms with Crippen LogP contribution in [0.3, 0.4) is 0 Å². The van der Waals surface area contributed by atoms with E-state index in [2.05, 4.69) is 10.3 Å². The summed E-state index contributed by atoms with van der Waals surface area (Å²) in [6.07, 6.45) is 0. The zero-order valence-corrected chi connectivity index (χ0v) is 16.1. The molecule has 1 N–H and O–H groups in total. The second kappa shape index (κ2) is 7.29. The highest BCUT2D eigenvalue weighted by molar-refractivity contribution is 7.22. The fourth-order valence-electron chi connectivity index (χ4n) is 2.90. The van der Waals surface area contributed by atoms with Crippen molar-refractivity contribution in [3.8, 4) is 0 Å². The molecule has 0 saturated carbocycles. The van der Waals surface area contributed by atoms with Gasteiger partial charge in [0.2, 0.25) is 5.91 Å². The van der Waals surface area contributed by atoms with Gasteiger partial charge >= 0.3 is 5.97 Å². The minimum absolute atomic E-state index is 0.117. The van der Waals surface area contributed by atoms with E-state index in [-0.39, 0.29) is 18.4 Å². The maximum Gasteiger partial charge on any atom is 0.339 e. The summed E-state index contributed by atoms with van der Waals surface area (Å²) in [4.78, 5) is 29.0. The van der Waals surface area contributed by atoms with Crippen molar-refractivity contribution in [3.63, 3.8) is 0 Å². The number of thiazole rings is 1. The van der Waals surface area contributed by atoms with E-state index < -0.39 is 0 Å². The summed E-state index contributed by atoms with van der Waals surface area (Å²) < 4.78 is 7.91. The lowest BCUT2D eigenvalue weighted by Crippen LogP contribution is -2.20. The largest absolute Gasteiger partial charge is 0.462 e. The third-order valence-electron chi connectivity index (χ3n) is 4.24.